The molecule has 0 aliphatic carbocycles. The van der Waals surface area contributed by atoms with Gasteiger partial charge in [0.2, 0.25) is 5.91 Å². The third kappa shape index (κ3) is 6.06. The van der Waals surface area contributed by atoms with E-state index in [1.165, 1.54) is 0 Å². The molecule has 0 fully saturated rings. The Morgan fingerprint density at radius 1 is 1.29 bits per heavy atom. The van der Waals surface area contributed by atoms with E-state index in [0.29, 0.717) is 19.7 Å². The number of benzene rings is 1. The van der Waals surface area contributed by atoms with E-state index in [1.807, 2.05) is 36.9 Å². The number of rotatable bonds is 9. The fourth-order valence-electron chi connectivity index (χ4n) is 2.03. The lowest BCUT2D eigenvalue weighted by atomic mass is 10.2. The molecule has 0 unspecified atom stereocenters. The average molecular weight is 357 g/mol. The molecular formula is C16H25BrN2O2. The molecule has 4 nitrogen and oxygen atoms in total. The molecular weight excluding hydrogens is 332 g/mol. The van der Waals surface area contributed by atoms with E-state index >= 15 is 0 Å². The van der Waals surface area contributed by atoms with Crippen LogP contribution in [0.15, 0.2) is 22.7 Å². The second-order valence-electron chi connectivity index (χ2n) is 4.77. The van der Waals surface area contributed by atoms with E-state index in [9.17, 15) is 4.79 Å². The van der Waals surface area contributed by atoms with Crippen molar-refractivity contribution in [3.8, 4) is 5.75 Å². The van der Waals surface area contributed by atoms with Gasteiger partial charge in [0.1, 0.15) is 5.75 Å². The minimum atomic E-state index is 0.131. The molecule has 5 heteroatoms. The molecule has 1 N–H and O–H groups in total. The predicted molar refractivity (Wildman–Crippen MR) is 89.6 cm³/mol. The van der Waals surface area contributed by atoms with Crippen LogP contribution in [0, 0.1) is 0 Å². The molecule has 0 aliphatic rings. The molecule has 1 amide bonds. The number of likely N-dealkylation sites (N-methyl/N-ethyl adjacent to an activating group) is 1. The first-order chi connectivity index (χ1) is 10.1. The third-order valence-electron chi connectivity index (χ3n) is 3.19. The average Bonchev–Trinajstić information content (AvgIpc) is 2.47. The number of nitrogens with one attached hydrogen (secondary N) is 1. The molecule has 21 heavy (non-hydrogen) atoms. The molecule has 118 valence electrons. The van der Waals surface area contributed by atoms with Gasteiger partial charge in [-0.1, -0.05) is 22.9 Å². The standard InChI is InChI=1S/C16H25BrN2O2/c1-4-9-21-15-8-7-14(17)10-13(15)11-18-12-16(20)19(5-2)6-3/h7-8,10,18H,4-6,9,11-12H2,1-3H3. The lowest BCUT2D eigenvalue weighted by Gasteiger charge is -2.19. The number of hydrogen-bond acceptors (Lipinski definition) is 3. The highest BCUT2D eigenvalue weighted by Crippen LogP contribution is 2.23. The summed E-state index contributed by atoms with van der Waals surface area (Å²) in [4.78, 5) is 13.8. The normalized spacial score (nSPS) is 10.5. The van der Waals surface area contributed by atoms with Gasteiger partial charge >= 0.3 is 0 Å². The Hall–Kier alpha value is -1.07. The second kappa shape index (κ2) is 9.79. The summed E-state index contributed by atoms with van der Waals surface area (Å²) in [6.45, 7) is 9.23. The maximum Gasteiger partial charge on any atom is 0.236 e. The summed E-state index contributed by atoms with van der Waals surface area (Å²) in [5.74, 6) is 1.01. The number of ether oxygens (including phenoxy) is 1. The monoisotopic (exact) mass is 356 g/mol. The van der Waals surface area contributed by atoms with Gasteiger partial charge in [0.05, 0.1) is 13.2 Å². The molecule has 1 aromatic rings. The minimum absolute atomic E-state index is 0.131. The Labute approximate surface area is 136 Å². The van der Waals surface area contributed by atoms with Crippen LogP contribution in [0.25, 0.3) is 0 Å². The van der Waals surface area contributed by atoms with Crippen LogP contribution in [0.1, 0.15) is 32.8 Å². The van der Waals surface area contributed by atoms with Crippen molar-refractivity contribution < 1.29 is 9.53 Å². The van der Waals surface area contributed by atoms with Crippen LogP contribution in [0.2, 0.25) is 0 Å². The number of carbonyl (C=O) groups is 1. The van der Waals surface area contributed by atoms with Crippen molar-refractivity contribution in [3.05, 3.63) is 28.2 Å². The van der Waals surface area contributed by atoms with E-state index in [4.69, 9.17) is 4.74 Å². The molecule has 1 rings (SSSR count). The zero-order valence-corrected chi connectivity index (χ0v) is 14.7. The van der Waals surface area contributed by atoms with Gasteiger partial charge in [-0.25, -0.2) is 0 Å². The maximum absolute atomic E-state index is 11.9. The minimum Gasteiger partial charge on any atom is -0.493 e. The van der Waals surface area contributed by atoms with Crippen molar-refractivity contribution in [1.29, 1.82) is 0 Å². The van der Waals surface area contributed by atoms with Crippen LogP contribution in [0.3, 0.4) is 0 Å². The highest BCUT2D eigenvalue weighted by molar-refractivity contribution is 9.10. The summed E-state index contributed by atoms with van der Waals surface area (Å²) in [5.41, 5.74) is 1.06. The zero-order chi connectivity index (χ0) is 15.7. The summed E-state index contributed by atoms with van der Waals surface area (Å²) < 4.78 is 6.74. The second-order valence-corrected chi connectivity index (χ2v) is 5.69. The van der Waals surface area contributed by atoms with E-state index < -0.39 is 0 Å². The zero-order valence-electron chi connectivity index (χ0n) is 13.1. The SMILES string of the molecule is CCCOc1ccc(Br)cc1CNCC(=O)N(CC)CC. The van der Waals surface area contributed by atoms with Crippen molar-refractivity contribution in [2.75, 3.05) is 26.2 Å². The molecule has 0 aromatic heterocycles. The van der Waals surface area contributed by atoms with Crippen molar-refractivity contribution in [3.63, 3.8) is 0 Å². The first kappa shape index (κ1) is 18.0. The lowest BCUT2D eigenvalue weighted by Crippen LogP contribution is -2.37. The number of carbonyl (C=O) groups excluding carboxylic acids is 1. The van der Waals surface area contributed by atoms with Gasteiger partial charge in [0, 0.05) is 29.7 Å². The lowest BCUT2D eigenvalue weighted by molar-refractivity contribution is -0.129. The van der Waals surface area contributed by atoms with Crippen LogP contribution >= 0.6 is 15.9 Å². The molecule has 1 aromatic carbocycles. The van der Waals surface area contributed by atoms with E-state index in [0.717, 1.165) is 35.3 Å². The molecule has 0 spiro atoms. The molecule has 0 saturated carbocycles. The van der Waals surface area contributed by atoms with Gasteiger partial charge in [0.25, 0.3) is 0 Å². The highest BCUT2D eigenvalue weighted by atomic mass is 79.9. The Balaban J connectivity index is 2.57. The number of amides is 1. The van der Waals surface area contributed by atoms with E-state index in [1.54, 1.807) is 0 Å². The topological polar surface area (TPSA) is 41.6 Å². The van der Waals surface area contributed by atoms with Crippen molar-refractivity contribution >= 4 is 21.8 Å². The third-order valence-corrected chi connectivity index (χ3v) is 3.69. The maximum atomic E-state index is 11.9. The van der Waals surface area contributed by atoms with Crippen LogP contribution < -0.4 is 10.1 Å². The molecule has 0 atom stereocenters. The van der Waals surface area contributed by atoms with Crippen molar-refractivity contribution in [2.45, 2.75) is 33.7 Å². The van der Waals surface area contributed by atoms with Crippen molar-refractivity contribution in [2.24, 2.45) is 0 Å². The number of nitrogens with zero attached hydrogens (tertiary/aromatic N) is 1. The van der Waals surface area contributed by atoms with Gasteiger partial charge in [-0.3, -0.25) is 4.79 Å². The quantitative estimate of drug-likeness (QED) is 0.738. The Kier molecular flexibility index (Phi) is 8.38. The molecule has 0 bridgehead atoms. The Bertz CT molecular complexity index is 448. The number of hydrogen-bond donors (Lipinski definition) is 1. The van der Waals surface area contributed by atoms with Gasteiger partial charge in [-0.2, -0.15) is 0 Å². The summed E-state index contributed by atoms with van der Waals surface area (Å²) in [7, 11) is 0. The van der Waals surface area contributed by atoms with Gasteiger partial charge in [0.15, 0.2) is 0 Å². The smallest absolute Gasteiger partial charge is 0.236 e. The molecule has 0 radical (unpaired) electrons. The van der Waals surface area contributed by atoms with Gasteiger partial charge < -0.3 is 15.0 Å². The summed E-state index contributed by atoms with van der Waals surface area (Å²) in [5, 5.41) is 3.20. The molecule has 0 saturated heterocycles. The summed E-state index contributed by atoms with van der Waals surface area (Å²) >= 11 is 3.47. The number of halogens is 1. The molecule has 0 aliphatic heterocycles. The summed E-state index contributed by atoms with van der Waals surface area (Å²) in [6, 6.07) is 5.96. The first-order valence-electron chi connectivity index (χ1n) is 7.52. The van der Waals surface area contributed by atoms with Crippen LogP contribution in [0.4, 0.5) is 0 Å². The largest absolute Gasteiger partial charge is 0.493 e. The van der Waals surface area contributed by atoms with Crippen LogP contribution in [0.5, 0.6) is 5.75 Å². The van der Waals surface area contributed by atoms with Gasteiger partial charge in [-0.15, -0.1) is 0 Å². The molecule has 0 heterocycles. The van der Waals surface area contributed by atoms with Crippen LogP contribution in [-0.2, 0) is 11.3 Å². The summed E-state index contributed by atoms with van der Waals surface area (Å²) in [6.07, 6.45) is 0.976. The predicted octanol–water partition coefficient (Wildman–Crippen LogP) is 3.20. The van der Waals surface area contributed by atoms with Crippen molar-refractivity contribution in [1.82, 2.24) is 10.2 Å². The highest BCUT2D eigenvalue weighted by Gasteiger charge is 2.10. The van der Waals surface area contributed by atoms with Crippen LogP contribution in [-0.4, -0.2) is 37.0 Å². The van der Waals surface area contributed by atoms with E-state index in [-0.39, 0.29) is 5.91 Å². The Morgan fingerprint density at radius 2 is 2.00 bits per heavy atom. The Morgan fingerprint density at radius 3 is 2.62 bits per heavy atom. The van der Waals surface area contributed by atoms with Gasteiger partial charge in [-0.05, 0) is 38.5 Å². The fourth-order valence-corrected chi connectivity index (χ4v) is 2.44. The first-order valence-corrected chi connectivity index (χ1v) is 8.31. The fraction of sp³-hybridized carbons (Fsp3) is 0.562. The van der Waals surface area contributed by atoms with E-state index in [2.05, 4.69) is 28.2 Å².